The molecule has 0 aromatic heterocycles. The van der Waals surface area contributed by atoms with Gasteiger partial charge in [-0.25, -0.2) is 4.90 Å². The Kier molecular flexibility index (Phi) is 4.44. The molecule has 0 unspecified atom stereocenters. The van der Waals surface area contributed by atoms with Crippen LogP contribution in [0.5, 0.6) is 5.75 Å². The fourth-order valence-electron chi connectivity index (χ4n) is 2.68. The van der Waals surface area contributed by atoms with Crippen LogP contribution in [-0.4, -0.2) is 16.3 Å². The summed E-state index contributed by atoms with van der Waals surface area (Å²) < 4.78 is 0. The molecule has 1 saturated heterocycles. The van der Waals surface area contributed by atoms with E-state index in [4.69, 9.17) is 0 Å². The Balaban J connectivity index is 2.03. The lowest BCUT2D eigenvalue weighted by Gasteiger charge is -2.16. The van der Waals surface area contributed by atoms with E-state index in [9.17, 15) is 14.7 Å². The molecule has 1 aliphatic heterocycles. The molecular formula is C19H17NO3S. The number of nitrogens with zero attached hydrogens (tertiary/aromatic N) is 1. The zero-order valence-corrected chi connectivity index (χ0v) is 14.3. The number of phenolic OH excluding ortho intramolecular Hbond substituents is 1. The van der Waals surface area contributed by atoms with E-state index >= 15 is 0 Å². The van der Waals surface area contributed by atoms with Crippen molar-refractivity contribution in [3.63, 3.8) is 0 Å². The van der Waals surface area contributed by atoms with Crippen molar-refractivity contribution in [2.24, 2.45) is 0 Å². The molecule has 24 heavy (non-hydrogen) atoms. The molecule has 0 aliphatic carbocycles. The number of allylic oxidation sites excluding steroid dienone is 1. The molecule has 1 N–H and O–H groups in total. The lowest BCUT2D eigenvalue weighted by Crippen LogP contribution is -2.28. The number of anilines is 1. The van der Waals surface area contributed by atoms with Gasteiger partial charge in [-0.1, -0.05) is 37.3 Å². The third kappa shape index (κ3) is 2.83. The number of imide groups is 1. The summed E-state index contributed by atoms with van der Waals surface area (Å²) in [4.78, 5) is 27.0. The smallest absolute Gasteiger partial charge is 0.298 e. The minimum absolute atomic E-state index is 0.163. The van der Waals surface area contributed by atoms with Crippen LogP contribution in [0.15, 0.2) is 53.4 Å². The molecule has 2 amide bonds. The summed E-state index contributed by atoms with van der Waals surface area (Å²) in [5, 5.41) is 9.11. The summed E-state index contributed by atoms with van der Waals surface area (Å²) in [6.45, 7) is 3.81. The van der Waals surface area contributed by atoms with Gasteiger partial charge in [0.15, 0.2) is 0 Å². The number of aryl methyl sites for hydroxylation is 1. The molecule has 5 heteroatoms. The second-order valence-electron chi connectivity index (χ2n) is 5.49. The summed E-state index contributed by atoms with van der Waals surface area (Å²) in [5.41, 5.74) is 3.15. The molecule has 1 aliphatic rings. The minimum atomic E-state index is -0.295. The summed E-state index contributed by atoms with van der Waals surface area (Å²) in [7, 11) is 0. The van der Waals surface area contributed by atoms with Gasteiger partial charge in [0.1, 0.15) is 5.75 Å². The molecule has 0 bridgehead atoms. The normalized spacial score (nSPS) is 16.7. The van der Waals surface area contributed by atoms with Gasteiger partial charge in [0.05, 0.1) is 10.6 Å². The van der Waals surface area contributed by atoms with Crippen LogP contribution < -0.4 is 4.90 Å². The van der Waals surface area contributed by atoms with Crippen LogP contribution in [-0.2, 0) is 11.2 Å². The topological polar surface area (TPSA) is 57.6 Å². The van der Waals surface area contributed by atoms with Crippen molar-refractivity contribution in [2.45, 2.75) is 20.3 Å². The zero-order chi connectivity index (χ0) is 17.3. The van der Waals surface area contributed by atoms with Crippen LogP contribution in [0.3, 0.4) is 0 Å². The van der Waals surface area contributed by atoms with E-state index in [0.29, 0.717) is 10.6 Å². The Morgan fingerprint density at radius 2 is 1.75 bits per heavy atom. The number of para-hydroxylation sites is 1. The number of rotatable bonds is 3. The standard InChI is InChI=1S/C19H17NO3S/c1-3-13-6-4-5-7-16(13)20-18(22)17(24-19(20)23)12(2)14-8-10-15(21)11-9-14/h4-11,21H,3H2,1-2H3/b17-12-. The summed E-state index contributed by atoms with van der Waals surface area (Å²) in [6.07, 6.45) is 0.744. The lowest BCUT2D eigenvalue weighted by atomic mass is 10.1. The maximum Gasteiger partial charge on any atom is 0.298 e. The SMILES string of the molecule is CCc1ccccc1N1C(=O)S/C(=C(/C)c2ccc(O)cc2)C1=O. The predicted molar refractivity (Wildman–Crippen MR) is 97.0 cm³/mol. The summed E-state index contributed by atoms with van der Waals surface area (Å²) >= 11 is 0.958. The first-order chi connectivity index (χ1) is 11.5. The highest BCUT2D eigenvalue weighted by Gasteiger charge is 2.38. The van der Waals surface area contributed by atoms with E-state index in [-0.39, 0.29) is 16.9 Å². The number of hydrogen-bond acceptors (Lipinski definition) is 4. The second-order valence-corrected chi connectivity index (χ2v) is 6.45. The highest BCUT2D eigenvalue weighted by Crippen LogP contribution is 2.40. The Labute approximate surface area is 144 Å². The van der Waals surface area contributed by atoms with Crippen molar-refractivity contribution in [3.05, 3.63) is 64.6 Å². The number of amides is 2. The molecule has 1 heterocycles. The summed E-state index contributed by atoms with van der Waals surface area (Å²) in [6, 6.07) is 14.1. The molecule has 122 valence electrons. The first kappa shape index (κ1) is 16.3. The number of hydrogen-bond donors (Lipinski definition) is 1. The van der Waals surface area contributed by atoms with Crippen molar-refractivity contribution in [2.75, 3.05) is 4.90 Å². The number of phenols is 1. The van der Waals surface area contributed by atoms with Crippen molar-refractivity contribution < 1.29 is 14.7 Å². The Hall–Kier alpha value is -2.53. The average molecular weight is 339 g/mol. The maximum absolute atomic E-state index is 12.8. The van der Waals surface area contributed by atoms with E-state index in [2.05, 4.69) is 0 Å². The van der Waals surface area contributed by atoms with Gasteiger partial charge in [0.2, 0.25) is 0 Å². The Bertz CT molecular complexity index is 840. The first-order valence-electron chi connectivity index (χ1n) is 7.67. The van der Waals surface area contributed by atoms with Crippen LogP contribution in [0.25, 0.3) is 5.57 Å². The van der Waals surface area contributed by atoms with Gasteiger partial charge in [-0.05, 0) is 60.0 Å². The van der Waals surface area contributed by atoms with Crippen LogP contribution in [0.4, 0.5) is 10.5 Å². The number of benzene rings is 2. The van der Waals surface area contributed by atoms with Gasteiger partial charge in [0, 0.05) is 0 Å². The molecule has 0 atom stereocenters. The van der Waals surface area contributed by atoms with Gasteiger partial charge in [-0.15, -0.1) is 0 Å². The van der Waals surface area contributed by atoms with Crippen molar-refractivity contribution in [1.29, 1.82) is 0 Å². The molecule has 4 nitrogen and oxygen atoms in total. The Morgan fingerprint density at radius 1 is 1.08 bits per heavy atom. The number of thioether (sulfide) groups is 1. The predicted octanol–water partition coefficient (Wildman–Crippen LogP) is 4.59. The monoisotopic (exact) mass is 339 g/mol. The zero-order valence-electron chi connectivity index (χ0n) is 13.4. The highest BCUT2D eigenvalue weighted by molar-refractivity contribution is 8.19. The number of carbonyl (C=O) groups excluding carboxylic acids is 2. The lowest BCUT2D eigenvalue weighted by molar-refractivity contribution is -0.113. The molecular weight excluding hydrogens is 322 g/mol. The maximum atomic E-state index is 12.8. The molecule has 3 rings (SSSR count). The van der Waals surface area contributed by atoms with Crippen LogP contribution >= 0.6 is 11.8 Å². The molecule has 0 saturated carbocycles. The fraction of sp³-hybridized carbons (Fsp3) is 0.158. The molecule has 2 aromatic carbocycles. The van der Waals surface area contributed by atoms with Crippen LogP contribution in [0, 0.1) is 0 Å². The first-order valence-corrected chi connectivity index (χ1v) is 8.49. The molecule has 1 fully saturated rings. The Morgan fingerprint density at radius 3 is 2.42 bits per heavy atom. The number of aromatic hydroxyl groups is 1. The fourth-order valence-corrected chi connectivity index (χ4v) is 3.57. The van der Waals surface area contributed by atoms with E-state index in [1.807, 2.05) is 32.0 Å². The number of carbonyl (C=O) groups is 2. The van der Waals surface area contributed by atoms with E-state index in [1.54, 1.807) is 30.3 Å². The largest absolute Gasteiger partial charge is 0.508 e. The van der Waals surface area contributed by atoms with Gasteiger partial charge in [-0.2, -0.15) is 0 Å². The third-order valence-electron chi connectivity index (χ3n) is 4.02. The molecule has 0 radical (unpaired) electrons. The molecule has 2 aromatic rings. The van der Waals surface area contributed by atoms with E-state index in [0.717, 1.165) is 34.9 Å². The highest BCUT2D eigenvalue weighted by atomic mass is 32.2. The molecule has 0 spiro atoms. The minimum Gasteiger partial charge on any atom is -0.508 e. The third-order valence-corrected chi connectivity index (χ3v) is 5.07. The van der Waals surface area contributed by atoms with Crippen molar-refractivity contribution in [3.8, 4) is 5.75 Å². The van der Waals surface area contributed by atoms with Gasteiger partial charge < -0.3 is 5.11 Å². The van der Waals surface area contributed by atoms with E-state index in [1.165, 1.54) is 4.90 Å². The quantitative estimate of drug-likeness (QED) is 0.831. The van der Waals surface area contributed by atoms with E-state index < -0.39 is 0 Å². The van der Waals surface area contributed by atoms with Gasteiger partial charge in [0.25, 0.3) is 11.1 Å². The van der Waals surface area contributed by atoms with Crippen molar-refractivity contribution in [1.82, 2.24) is 0 Å². The second kappa shape index (κ2) is 6.53. The average Bonchev–Trinajstić information content (AvgIpc) is 2.89. The van der Waals surface area contributed by atoms with Crippen LogP contribution in [0.2, 0.25) is 0 Å². The summed E-state index contributed by atoms with van der Waals surface area (Å²) in [5.74, 6) is -0.131. The van der Waals surface area contributed by atoms with Crippen molar-refractivity contribution >= 4 is 34.2 Å². The van der Waals surface area contributed by atoms with Gasteiger partial charge >= 0.3 is 0 Å². The van der Waals surface area contributed by atoms with Gasteiger partial charge in [-0.3, -0.25) is 9.59 Å². The van der Waals surface area contributed by atoms with Crippen LogP contribution in [0.1, 0.15) is 25.0 Å².